The quantitative estimate of drug-likeness (QED) is 0.723. The van der Waals surface area contributed by atoms with Crippen LogP contribution in [0.4, 0.5) is 11.8 Å². The second-order valence-corrected chi connectivity index (χ2v) is 3.15. The van der Waals surface area contributed by atoms with Gasteiger partial charge in [-0.25, -0.2) is 0 Å². The molecule has 6 heteroatoms. The molecule has 0 aromatic carbocycles. The summed E-state index contributed by atoms with van der Waals surface area (Å²) >= 11 is 0. The van der Waals surface area contributed by atoms with Gasteiger partial charge in [0.2, 0.25) is 5.95 Å². The molecule has 6 nitrogen and oxygen atoms in total. The smallest absolute Gasteiger partial charge is 0.226 e. The zero-order valence-electron chi connectivity index (χ0n) is 8.37. The van der Waals surface area contributed by atoms with Crippen molar-refractivity contribution in [2.24, 2.45) is 0 Å². The molecule has 0 fully saturated rings. The van der Waals surface area contributed by atoms with E-state index in [0.717, 1.165) is 16.9 Å². The molecule has 0 radical (unpaired) electrons. The van der Waals surface area contributed by atoms with E-state index < -0.39 is 0 Å². The highest BCUT2D eigenvalue weighted by atomic mass is 15.2. The Bertz CT molecular complexity index is 446. The van der Waals surface area contributed by atoms with E-state index in [1.54, 1.807) is 13.2 Å². The molecule has 2 N–H and O–H groups in total. The number of nitrogens with zero attached hydrogens (tertiary/aromatic N) is 4. The van der Waals surface area contributed by atoms with Gasteiger partial charge in [-0.2, -0.15) is 15.1 Å². The number of aromatic nitrogens is 4. The Kier molecular flexibility index (Phi) is 1.95. The first-order chi connectivity index (χ1) is 6.72. The summed E-state index contributed by atoms with van der Waals surface area (Å²) < 4.78 is 0. The van der Waals surface area contributed by atoms with Gasteiger partial charge in [0.25, 0.3) is 0 Å². The Hall–Kier alpha value is -1.85. The Morgan fingerprint density at radius 3 is 2.79 bits per heavy atom. The summed E-state index contributed by atoms with van der Waals surface area (Å²) in [5.41, 5.74) is 0.744. The molecule has 0 spiro atoms. The van der Waals surface area contributed by atoms with E-state index >= 15 is 0 Å². The van der Waals surface area contributed by atoms with Gasteiger partial charge in [0.15, 0.2) is 5.65 Å². The van der Waals surface area contributed by atoms with Crippen LogP contribution in [0.5, 0.6) is 0 Å². The third-order valence-electron chi connectivity index (χ3n) is 1.94. The Labute approximate surface area is 81.4 Å². The van der Waals surface area contributed by atoms with Crippen LogP contribution in [0.15, 0.2) is 6.20 Å². The average molecular weight is 192 g/mol. The van der Waals surface area contributed by atoms with Gasteiger partial charge >= 0.3 is 0 Å². The van der Waals surface area contributed by atoms with Crippen LogP contribution in [0, 0.1) is 0 Å². The summed E-state index contributed by atoms with van der Waals surface area (Å²) in [5, 5.41) is 10.6. The topological polar surface area (TPSA) is 69.7 Å². The molecule has 0 aliphatic rings. The predicted octanol–water partition coefficient (Wildman–Crippen LogP) is 0.461. The standard InChI is InChI=1S/C8H12N6/c1-9-8-11-6-5(4-10-13-6)7(12-8)14(2)3/h4H,1-3H3,(H2,9,10,11,12,13). The summed E-state index contributed by atoms with van der Waals surface area (Å²) in [5.74, 6) is 1.44. The largest absolute Gasteiger partial charge is 0.362 e. The van der Waals surface area contributed by atoms with Gasteiger partial charge < -0.3 is 10.2 Å². The first-order valence-corrected chi connectivity index (χ1v) is 4.28. The molecule has 0 amide bonds. The number of anilines is 2. The third kappa shape index (κ3) is 1.24. The van der Waals surface area contributed by atoms with Crippen LogP contribution in [-0.2, 0) is 0 Å². The van der Waals surface area contributed by atoms with Crippen LogP contribution in [0.25, 0.3) is 11.0 Å². The minimum absolute atomic E-state index is 0.588. The molecule has 0 saturated carbocycles. The van der Waals surface area contributed by atoms with Crippen molar-refractivity contribution >= 4 is 22.8 Å². The molecular formula is C8H12N6. The fraction of sp³-hybridized carbons (Fsp3) is 0.375. The molecule has 0 aliphatic heterocycles. The van der Waals surface area contributed by atoms with Gasteiger partial charge in [-0.1, -0.05) is 0 Å². The Balaban J connectivity index is 2.70. The van der Waals surface area contributed by atoms with Crippen molar-refractivity contribution in [3.8, 4) is 0 Å². The highest BCUT2D eigenvalue weighted by molar-refractivity contribution is 5.87. The zero-order valence-corrected chi connectivity index (χ0v) is 8.37. The summed E-state index contributed by atoms with van der Waals surface area (Å²) in [6, 6.07) is 0. The normalized spacial score (nSPS) is 10.5. The molecule has 2 aromatic rings. The second kappa shape index (κ2) is 3.13. The molecule has 0 bridgehead atoms. The summed E-state index contributed by atoms with van der Waals surface area (Å²) in [6.07, 6.45) is 1.73. The second-order valence-electron chi connectivity index (χ2n) is 3.15. The lowest BCUT2D eigenvalue weighted by molar-refractivity contribution is 1.05. The van der Waals surface area contributed by atoms with Gasteiger partial charge in [0, 0.05) is 21.1 Å². The van der Waals surface area contributed by atoms with Crippen molar-refractivity contribution in [3.63, 3.8) is 0 Å². The maximum Gasteiger partial charge on any atom is 0.226 e. The molecule has 2 aromatic heterocycles. The van der Waals surface area contributed by atoms with Crippen LogP contribution in [-0.4, -0.2) is 41.3 Å². The van der Waals surface area contributed by atoms with Crippen molar-refractivity contribution in [1.82, 2.24) is 20.2 Å². The van der Waals surface area contributed by atoms with Crippen molar-refractivity contribution in [1.29, 1.82) is 0 Å². The molecule has 0 aliphatic carbocycles. The first-order valence-electron chi connectivity index (χ1n) is 4.28. The van der Waals surface area contributed by atoms with Crippen LogP contribution < -0.4 is 10.2 Å². The van der Waals surface area contributed by atoms with Gasteiger partial charge in [-0.05, 0) is 0 Å². The molecule has 2 rings (SSSR count). The van der Waals surface area contributed by atoms with Crippen LogP contribution in [0.3, 0.4) is 0 Å². The highest BCUT2D eigenvalue weighted by Crippen LogP contribution is 2.21. The highest BCUT2D eigenvalue weighted by Gasteiger charge is 2.09. The van der Waals surface area contributed by atoms with Gasteiger partial charge in [0.05, 0.1) is 11.6 Å². The maximum absolute atomic E-state index is 4.33. The zero-order chi connectivity index (χ0) is 10.1. The minimum atomic E-state index is 0.588. The predicted molar refractivity (Wildman–Crippen MR) is 55.6 cm³/mol. The van der Waals surface area contributed by atoms with Crippen molar-refractivity contribution in [2.75, 3.05) is 31.4 Å². The SMILES string of the molecule is CNc1nc(N(C)C)c2cn[nH]c2n1. The minimum Gasteiger partial charge on any atom is -0.362 e. The monoisotopic (exact) mass is 192 g/mol. The van der Waals surface area contributed by atoms with Crippen molar-refractivity contribution in [3.05, 3.63) is 6.20 Å². The van der Waals surface area contributed by atoms with E-state index in [4.69, 9.17) is 0 Å². The van der Waals surface area contributed by atoms with Gasteiger partial charge in [-0.15, -0.1) is 0 Å². The summed E-state index contributed by atoms with van der Waals surface area (Å²) in [6.45, 7) is 0. The Morgan fingerprint density at radius 2 is 2.14 bits per heavy atom. The number of aromatic amines is 1. The number of hydrogen-bond acceptors (Lipinski definition) is 5. The fourth-order valence-electron chi connectivity index (χ4n) is 1.27. The fourth-order valence-corrected chi connectivity index (χ4v) is 1.27. The van der Waals surface area contributed by atoms with E-state index in [0.29, 0.717) is 5.95 Å². The number of nitrogens with one attached hydrogen (secondary N) is 2. The van der Waals surface area contributed by atoms with Gasteiger partial charge in [0.1, 0.15) is 5.82 Å². The molecule has 74 valence electrons. The summed E-state index contributed by atoms with van der Waals surface area (Å²) in [4.78, 5) is 10.5. The number of hydrogen-bond donors (Lipinski definition) is 2. The first kappa shape index (κ1) is 8.74. The molecule has 0 unspecified atom stereocenters. The van der Waals surface area contributed by atoms with Crippen molar-refractivity contribution in [2.45, 2.75) is 0 Å². The van der Waals surface area contributed by atoms with Crippen LogP contribution in [0.1, 0.15) is 0 Å². The molecule has 0 atom stereocenters. The van der Waals surface area contributed by atoms with Crippen molar-refractivity contribution < 1.29 is 0 Å². The molecule has 0 saturated heterocycles. The van der Waals surface area contributed by atoms with Crippen LogP contribution in [0.2, 0.25) is 0 Å². The lowest BCUT2D eigenvalue weighted by Gasteiger charge is -2.12. The van der Waals surface area contributed by atoms with E-state index in [-0.39, 0.29) is 0 Å². The van der Waals surface area contributed by atoms with E-state index in [1.807, 2.05) is 19.0 Å². The lowest BCUT2D eigenvalue weighted by atomic mass is 10.4. The van der Waals surface area contributed by atoms with E-state index in [9.17, 15) is 0 Å². The average Bonchev–Trinajstić information content (AvgIpc) is 2.63. The molecular weight excluding hydrogens is 180 g/mol. The third-order valence-corrected chi connectivity index (χ3v) is 1.94. The molecule has 14 heavy (non-hydrogen) atoms. The van der Waals surface area contributed by atoms with E-state index in [2.05, 4.69) is 25.5 Å². The lowest BCUT2D eigenvalue weighted by Crippen LogP contribution is -2.12. The van der Waals surface area contributed by atoms with E-state index in [1.165, 1.54) is 0 Å². The van der Waals surface area contributed by atoms with Gasteiger partial charge in [-0.3, -0.25) is 5.10 Å². The number of fused-ring (bicyclic) bond motifs is 1. The van der Waals surface area contributed by atoms with Crippen LogP contribution >= 0.6 is 0 Å². The number of H-pyrrole nitrogens is 1. The number of rotatable bonds is 2. The maximum atomic E-state index is 4.33. The Morgan fingerprint density at radius 1 is 1.36 bits per heavy atom. The summed E-state index contributed by atoms with van der Waals surface area (Å²) in [7, 11) is 5.67. The molecule has 2 heterocycles.